The van der Waals surface area contributed by atoms with E-state index in [4.69, 9.17) is 25.2 Å². The van der Waals surface area contributed by atoms with Crippen LogP contribution in [0.4, 0.5) is 5.82 Å². The fourth-order valence-corrected chi connectivity index (χ4v) is 5.52. The minimum Gasteiger partial charge on any atom is -0.387 e. The van der Waals surface area contributed by atoms with Gasteiger partial charge in [0.2, 0.25) is 0 Å². The first kappa shape index (κ1) is 24.6. The Morgan fingerprint density at radius 2 is 1.83 bits per heavy atom. The highest BCUT2D eigenvalue weighted by molar-refractivity contribution is 7.81. The lowest BCUT2D eigenvalue weighted by Crippen LogP contribution is -2.34. The molecule has 1 saturated heterocycles. The summed E-state index contributed by atoms with van der Waals surface area (Å²) >= 11 is 4.06. The minimum atomic E-state index is -5.67. The Morgan fingerprint density at radius 3 is 2.38 bits per heavy atom. The van der Waals surface area contributed by atoms with Gasteiger partial charge in [0.15, 0.2) is 6.23 Å². The average Bonchev–Trinajstić information content (AvgIpc) is 2.78. The van der Waals surface area contributed by atoms with Crippen LogP contribution in [-0.2, 0) is 31.6 Å². The number of nitrogen functional groups attached to an aromatic ring is 1. The van der Waals surface area contributed by atoms with Gasteiger partial charge in [-0.05, 0) is 6.07 Å². The average molecular weight is 499 g/mol. The topological polar surface area (TPSA) is 250 Å². The van der Waals surface area contributed by atoms with Gasteiger partial charge in [0.25, 0.3) is 0 Å². The van der Waals surface area contributed by atoms with Crippen molar-refractivity contribution in [3.05, 3.63) is 22.7 Å². The van der Waals surface area contributed by atoms with E-state index in [1.807, 2.05) is 0 Å². The van der Waals surface area contributed by atoms with Crippen LogP contribution in [0.15, 0.2) is 17.1 Å². The molecule has 0 amide bonds. The van der Waals surface area contributed by atoms with Crippen LogP contribution in [0.5, 0.6) is 0 Å². The predicted octanol–water partition coefficient (Wildman–Crippen LogP) is -1.27. The summed E-state index contributed by atoms with van der Waals surface area (Å²) in [6, 6.07) is 1.25. The molecule has 20 heteroatoms. The summed E-state index contributed by atoms with van der Waals surface area (Å²) < 4.78 is 51.4. The van der Waals surface area contributed by atoms with Crippen LogP contribution < -0.4 is 11.4 Å². The van der Waals surface area contributed by atoms with Crippen LogP contribution in [0.1, 0.15) is 6.23 Å². The first-order chi connectivity index (χ1) is 13.1. The van der Waals surface area contributed by atoms with Gasteiger partial charge >= 0.3 is 29.2 Å². The lowest BCUT2D eigenvalue weighted by molar-refractivity contribution is -0.0523. The van der Waals surface area contributed by atoms with E-state index < -0.39 is 59.5 Å². The Morgan fingerprint density at radius 1 is 1.21 bits per heavy atom. The molecular weight excluding hydrogens is 483 g/mol. The molecule has 1 aliphatic rings. The molecule has 0 radical (unpaired) electrons. The van der Waals surface area contributed by atoms with E-state index in [0.717, 1.165) is 4.57 Å². The molecule has 0 spiro atoms. The summed E-state index contributed by atoms with van der Waals surface area (Å²) in [5, 5.41) is 9.13. The van der Waals surface area contributed by atoms with E-state index in [2.05, 4.69) is 30.8 Å². The molecular formula is C9H16N3O13P3S. The maximum absolute atomic E-state index is 11.9. The molecule has 0 saturated carbocycles. The highest BCUT2D eigenvalue weighted by Crippen LogP contribution is 2.66. The molecule has 166 valence electrons. The SMILES string of the molecule is Nc1ccn([C@@H]2O[C@H](COP(=O)(O)OP(=O)(O)OP(=O)(O)O)[C@@H](S)[C@H]2O)c(=O)n1. The minimum absolute atomic E-state index is 0.0784. The smallest absolute Gasteiger partial charge is 0.387 e. The normalized spacial score (nSPS) is 29.3. The number of hydrogen-bond donors (Lipinski definition) is 7. The number of anilines is 1. The van der Waals surface area contributed by atoms with Gasteiger partial charge in [-0.2, -0.15) is 26.2 Å². The number of phosphoric ester groups is 1. The highest BCUT2D eigenvalue weighted by atomic mass is 32.1. The third kappa shape index (κ3) is 6.94. The summed E-state index contributed by atoms with van der Waals surface area (Å²) in [5.41, 5.74) is 4.50. The van der Waals surface area contributed by atoms with Crippen molar-refractivity contribution in [3.8, 4) is 0 Å². The van der Waals surface area contributed by atoms with Gasteiger partial charge in [-0.25, -0.2) is 18.5 Å². The fraction of sp³-hybridized carbons (Fsp3) is 0.556. The molecule has 1 aliphatic heterocycles. The van der Waals surface area contributed by atoms with Gasteiger partial charge in [0.1, 0.15) is 11.9 Å². The molecule has 6 atom stereocenters. The van der Waals surface area contributed by atoms with Gasteiger partial charge in [0.05, 0.1) is 18.0 Å². The van der Waals surface area contributed by atoms with Gasteiger partial charge in [-0.15, -0.1) is 0 Å². The summed E-state index contributed by atoms with van der Waals surface area (Å²) in [6.45, 7) is -0.845. The van der Waals surface area contributed by atoms with Gasteiger partial charge in [-0.1, -0.05) is 0 Å². The number of nitrogens with two attached hydrogens (primary N) is 1. The second kappa shape index (κ2) is 8.85. The van der Waals surface area contributed by atoms with Crippen molar-refractivity contribution in [1.29, 1.82) is 0 Å². The van der Waals surface area contributed by atoms with E-state index in [1.54, 1.807) is 0 Å². The first-order valence-electron chi connectivity index (χ1n) is 7.25. The zero-order valence-electron chi connectivity index (χ0n) is 13.9. The number of rotatable bonds is 8. The van der Waals surface area contributed by atoms with E-state index in [-0.39, 0.29) is 5.82 Å². The summed E-state index contributed by atoms with van der Waals surface area (Å²) in [4.78, 5) is 50.8. The summed E-state index contributed by atoms with van der Waals surface area (Å²) in [6.07, 6.45) is -2.76. The molecule has 29 heavy (non-hydrogen) atoms. The number of nitrogens with zero attached hydrogens (tertiary/aromatic N) is 2. The van der Waals surface area contributed by atoms with E-state index in [1.165, 1.54) is 12.3 Å². The molecule has 16 nitrogen and oxygen atoms in total. The first-order valence-corrected chi connectivity index (χ1v) is 12.3. The predicted molar refractivity (Wildman–Crippen MR) is 95.4 cm³/mol. The van der Waals surface area contributed by atoms with Crippen molar-refractivity contribution < 1.29 is 56.3 Å². The van der Waals surface area contributed by atoms with Crippen LogP contribution in [0.25, 0.3) is 0 Å². The van der Waals surface area contributed by atoms with E-state index in [9.17, 15) is 28.5 Å². The van der Waals surface area contributed by atoms with E-state index in [0.29, 0.717) is 0 Å². The number of aliphatic hydroxyl groups is 1. The number of ether oxygens (including phenoxy) is 1. The highest BCUT2D eigenvalue weighted by Gasteiger charge is 2.46. The van der Waals surface area contributed by atoms with Gasteiger partial charge in [-0.3, -0.25) is 9.09 Å². The molecule has 1 aromatic heterocycles. The molecule has 1 fully saturated rings. The largest absolute Gasteiger partial charge is 0.490 e. The summed E-state index contributed by atoms with van der Waals surface area (Å²) in [7, 11) is -16.6. The maximum atomic E-state index is 11.9. The van der Waals surface area contributed by atoms with Crippen LogP contribution in [0.3, 0.4) is 0 Å². The molecule has 2 heterocycles. The lowest BCUT2D eigenvalue weighted by atomic mass is 10.2. The number of phosphoric acid groups is 3. The molecule has 7 N–H and O–H groups in total. The Kier molecular flexibility index (Phi) is 7.51. The molecule has 2 unspecified atom stereocenters. The lowest BCUT2D eigenvalue weighted by Gasteiger charge is -2.19. The molecule has 0 bridgehead atoms. The number of aromatic nitrogens is 2. The Hall–Kier alpha value is -0.640. The van der Waals surface area contributed by atoms with Crippen molar-refractivity contribution in [2.24, 2.45) is 0 Å². The maximum Gasteiger partial charge on any atom is 0.490 e. The van der Waals surface area contributed by atoms with Gasteiger partial charge in [0, 0.05) is 6.20 Å². The number of thiol groups is 1. The fourth-order valence-electron chi connectivity index (χ4n) is 2.19. The third-order valence-corrected chi connectivity index (χ3v) is 7.72. The molecule has 0 aromatic carbocycles. The number of aliphatic hydroxyl groups excluding tert-OH is 1. The molecule has 2 rings (SSSR count). The van der Waals surface area contributed by atoms with Crippen molar-refractivity contribution in [2.45, 2.75) is 23.7 Å². The standard InChI is InChI=1S/C9H16N3O13P3S/c10-5-1-2-12(9(14)11-5)8-6(13)7(29)4(23-8)3-22-27(18,19)25-28(20,21)24-26(15,16)17/h1-2,4,6-8,13,29H,3H2,(H,18,19)(H,20,21)(H2,10,11,14)(H2,15,16,17)/t4-,6-,7-,8-/m1/s1. The van der Waals surface area contributed by atoms with Crippen LogP contribution in [0.2, 0.25) is 0 Å². The summed E-state index contributed by atoms with van der Waals surface area (Å²) in [5.74, 6) is -0.0784. The monoisotopic (exact) mass is 499 g/mol. The van der Waals surface area contributed by atoms with Crippen molar-refractivity contribution >= 4 is 41.9 Å². The molecule has 0 aliphatic carbocycles. The van der Waals surface area contributed by atoms with Crippen molar-refractivity contribution in [3.63, 3.8) is 0 Å². The second-order valence-electron chi connectivity index (χ2n) is 5.48. The molecule has 1 aromatic rings. The van der Waals surface area contributed by atoms with Crippen molar-refractivity contribution in [2.75, 3.05) is 12.3 Å². The van der Waals surface area contributed by atoms with Crippen LogP contribution in [-0.4, -0.2) is 58.3 Å². The third-order valence-electron chi connectivity index (χ3n) is 3.28. The zero-order chi connectivity index (χ0) is 22.2. The van der Waals surface area contributed by atoms with Crippen LogP contribution >= 0.6 is 36.1 Å². The van der Waals surface area contributed by atoms with Crippen LogP contribution in [0, 0.1) is 0 Å². The van der Waals surface area contributed by atoms with E-state index >= 15 is 0 Å². The quantitative estimate of drug-likeness (QED) is 0.163. The Labute approximate surface area is 167 Å². The Bertz CT molecular complexity index is 951. The zero-order valence-corrected chi connectivity index (χ0v) is 17.5. The Balaban J connectivity index is 2.05. The second-order valence-corrected chi connectivity index (χ2v) is 10.5. The number of hydrogen-bond acceptors (Lipinski definition) is 12. The van der Waals surface area contributed by atoms with Crippen molar-refractivity contribution in [1.82, 2.24) is 9.55 Å². The van der Waals surface area contributed by atoms with Gasteiger partial charge < -0.3 is 35.2 Å².